The maximum Gasteiger partial charge on any atom is 0.193 e. The number of aryl methyl sites for hydroxylation is 1. The Hall–Kier alpha value is -1.02. The molecule has 0 bridgehead atoms. The Bertz CT molecular complexity index is 600. The molecule has 0 aliphatic heterocycles. The van der Waals surface area contributed by atoms with Crippen LogP contribution in [0.15, 0.2) is 36.4 Å². The second-order valence-corrected chi connectivity index (χ2v) is 5.26. The van der Waals surface area contributed by atoms with Crippen molar-refractivity contribution in [2.75, 3.05) is 0 Å². The van der Waals surface area contributed by atoms with Crippen LogP contribution >= 0.6 is 34.8 Å². The molecule has 4 heteroatoms. The number of ketones is 1. The molecule has 0 N–H and O–H groups in total. The van der Waals surface area contributed by atoms with Gasteiger partial charge in [-0.1, -0.05) is 40.9 Å². The Kier molecular flexibility index (Phi) is 3.96. The maximum absolute atomic E-state index is 12.3. The summed E-state index contributed by atoms with van der Waals surface area (Å²) in [5.74, 6) is -0.139. The van der Waals surface area contributed by atoms with Gasteiger partial charge in [0.25, 0.3) is 0 Å². The predicted molar refractivity (Wildman–Crippen MR) is 76.1 cm³/mol. The number of hydrogen-bond donors (Lipinski definition) is 0. The third-order valence-corrected chi connectivity index (χ3v) is 3.24. The third-order valence-electron chi connectivity index (χ3n) is 2.57. The summed E-state index contributed by atoms with van der Waals surface area (Å²) in [5, 5.41) is 1.40. The van der Waals surface area contributed by atoms with Crippen LogP contribution in [0.25, 0.3) is 0 Å². The van der Waals surface area contributed by atoms with Gasteiger partial charge >= 0.3 is 0 Å². The molecule has 2 aromatic rings. The molecule has 0 aromatic heterocycles. The van der Waals surface area contributed by atoms with E-state index in [0.717, 1.165) is 5.56 Å². The van der Waals surface area contributed by atoms with Crippen molar-refractivity contribution in [3.05, 3.63) is 68.2 Å². The summed E-state index contributed by atoms with van der Waals surface area (Å²) in [4.78, 5) is 12.3. The first-order chi connectivity index (χ1) is 8.47. The van der Waals surface area contributed by atoms with E-state index >= 15 is 0 Å². The van der Waals surface area contributed by atoms with Gasteiger partial charge in [0.05, 0.1) is 0 Å². The fourth-order valence-corrected chi connectivity index (χ4v) is 2.38. The fraction of sp³-hybridized carbons (Fsp3) is 0.0714. The number of benzene rings is 2. The average molecular weight is 300 g/mol. The zero-order chi connectivity index (χ0) is 13.3. The quantitative estimate of drug-likeness (QED) is 0.698. The van der Waals surface area contributed by atoms with E-state index in [1.165, 1.54) is 0 Å². The van der Waals surface area contributed by atoms with Crippen molar-refractivity contribution in [1.29, 1.82) is 0 Å². The number of hydrogen-bond acceptors (Lipinski definition) is 1. The van der Waals surface area contributed by atoms with Crippen LogP contribution in [0.2, 0.25) is 15.1 Å². The summed E-state index contributed by atoms with van der Waals surface area (Å²) in [7, 11) is 0. The van der Waals surface area contributed by atoms with Crippen LogP contribution in [-0.2, 0) is 0 Å². The Morgan fingerprint density at radius 3 is 2.11 bits per heavy atom. The van der Waals surface area contributed by atoms with E-state index in [4.69, 9.17) is 34.8 Å². The topological polar surface area (TPSA) is 17.1 Å². The van der Waals surface area contributed by atoms with Gasteiger partial charge in [-0.25, -0.2) is 0 Å². The number of carbonyl (C=O) groups excluding carboxylic acids is 1. The van der Waals surface area contributed by atoms with E-state index in [1.54, 1.807) is 30.3 Å². The second kappa shape index (κ2) is 5.31. The maximum atomic E-state index is 12.3. The van der Waals surface area contributed by atoms with Crippen molar-refractivity contribution in [3.8, 4) is 0 Å². The minimum atomic E-state index is -0.139. The second-order valence-electron chi connectivity index (χ2n) is 3.95. The first-order valence-corrected chi connectivity index (χ1v) is 6.38. The molecule has 2 rings (SSSR count). The molecule has 0 unspecified atom stereocenters. The lowest BCUT2D eigenvalue weighted by Crippen LogP contribution is -2.03. The van der Waals surface area contributed by atoms with Gasteiger partial charge in [-0.05, 0) is 42.8 Å². The van der Waals surface area contributed by atoms with Crippen LogP contribution in [0, 0.1) is 6.92 Å². The van der Waals surface area contributed by atoms with Crippen molar-refractivity contribution in [2.45, 2.75) is 6.92 Å². The zero-order valence-electron chi connectivity index (χ0n) is 9.51. The molecule has 0 spiro atoms. The Balaban J connectivity index is 2.51. The predicted octanol–water partition coefficient (Wildman–Crippen LogP) is 5.19. The molecule has 0 radical (unpaired) electrons. The minimum absolute atomic E-state index is 0.139. The van der Waals surface area contributed by atoms with Crippen LogP contribution in [0.3, 0.4) is 0 Å². The van der Waals surface area contributed by atoms with Crippen LogP contribution in [-0.4, -0.2) is 5.78 Å². The molecular weight excluding hydrogens is 291 g/mol. The van der Waals surface area contributed by atoms with Crippen LogP contribution in [0.4, 0.5) is 0 Å². The summed E-state index contributed by atoms with van der Waals surface area (Å²) in [6, 6.07) is 9.98. The highest BCUT2D eigenvalue weighted by Gasteiger charge is 2.13. The summed E-state index contributed by atoms with van der Waals surface area (Å²) >= 11 is 17.7. The van der Waals surface area contributed by atoms with Crippen molar-refractivity contribution < 1.29 is 4.79 Å². The Labute approximate surface area is 120 Å². The minimum Gasteiger partial charge on any atom is -0.289 e. The van der Waals surface area contributed by atoms with E-state index in [1.807, 2.05) is 13.0 Å². The van der Waals surface area contributed by atoms with Crippen LogP contribution in [0.5, 0.6) is 0 Å². The van der Waals surface area contributed by atoms with E-state index < -0.39 is 0 Å². The fourth-order valence-electron chi connectivity index (χ4n) is 1.68. The van der Waals surface area contributed by atoms with Crippen molar-refractivity contribution in [3.63, 3.8) is 0 Å². The number of carbonyl (C=O) groups is 1. The standard InChI is InChI=1S/C14H9Cl3O/c1-8-2-3-10(15)7-13(8)14(18)9-4-11(16)6-12(17)5-9/h2-7H,1H3. The molecule has 0 amide bonds. The smallest absolute Gasteiger partial charge is 0.193 e. The molecule has 0 aliphatic carbocycles. The van der Waals surface area contributed by atoms with E-state index in [-0.39, 0.29) is 5.78 Å². The average Bonchev–Trinajstić information content (AvgIpc) is 2.30. The van der Waals surface area contributed by atoms with Crippen molar-refractivity contribution in [2.24, 2.45) is 0 Å². The molecule has 0 fully saturated rings. The Morgan fingerprint density at radius 2 is 1.50 bits per heavy atom. The monoisotopic (exact) mass is 298 g/mol. The van der Waals surface area contributed by atoms with Gasteiger partial charge in [0.2, 0.25) is 0 Å². The first-order valence-electron chi connectivity index (χ1n) is 5.24. The molecule has 2 aromatic carbocycles. The third kappa shape index (κ3) is 2.86. The summed E-state index contributed by atoms with van der Waals surface area (Å²) in [6.07, 6.45) is 0. The van der Waals surface area contributed by atoms with Gasteiger partial charge in [0.15, 0.2) is 5.78 Å². The van der Waals surface area contributed by atoms with Crippen LogP contribution in [0.1, 0.15) is 21.5 Å². The molecule has 92 valence electrons. The lowest BCUT2D eigenvalue weighted by Gasteiger charge is -2.06. The lowest BCUT2D eigenvalue weighted by molar-refractivity contribution is 0.103. The zero-order valence-corrected chi connectivity index (χ0v) is 11.8. The van der Waals surface area contributed by atoms with Crippen LogP contribution < -0.4 is 0 Å². The summed E-state index contributed by atoms with van der Waals surface area (Å²) in [6.45, 7) is 1.86. The molecule has 1 nitrogen and oxygen atoms in total. The number of halogens is 3. The van der Waals surface area contributed by atoms with Gasteiger partial charge in [-0.2, -0.15) is 0 Å². The number of rotatable bonds is 2. The van der Waals surface area contributed by atoms with Gasteiger partial charge in [0.1, 0.15) is 0 Å². The normalized spacial score (nSPS) is 10.4. The highest BCUT2D eigenvalue weighted by Crippen LogP contribution is 2.23. The summed E-state index contributed by atoms with van der Waals surface area (Å²) < 4.78 is 0. The lowest BCUT2D eigenvalue weighted by atomic mass is 9.99. The van der Waals surface area contributed by atoms with Crippen molar-refractivity contribution >= 4 is 40.6 Å². The largest absolute Gasteiger partial charge is 0.289 e. The van der Waals surface area contributed by atoms with Gasteiger partial charge in [0, 0.05) is 26.2 Å². The van der Waals surface area contributed by atoms with E-state index in [2.05, 4.69) is 0 Å². The van der Waals surface area contributed by atoms with Crippen molar-refractivity contribution in [1.82, 2.24) is 0 Å². The highest BCUT2D eigenvalue weighted by atomic mass is 35.5. The molecule has 0 aliphatic rings. The molecule has 0 heterocycles. The SMILES string of the molecule is Cc1ccc(Cl)cc1C(=O)c1cc(Cl)cc(Cl)c1. The van der Waals surface area contributed by atoms with Gasteiger partial charge < -0.3 is 0 Å². The summed E-state index contributed by atoms with van der Waals surface area (Å²) in [5.41, 5.74) is 1.87. The van der Waals surface area contributed by atoms with E-state index in [0.29, 0.717) is 26.2 Å². The molecule has 0 atom stereocenters. The van der Waals surface area contributed by atoms with E-state index in [9.17, 15) is 4.79 Å². The molecule has 0 saturated carbocycles. The molecule has 18 heavy (non-hydrogen) atoms. The van der Waals surface area contributed by atoms with Gasteiger partial charge in [-0.3, -0.25) is 4.79 Å². The Morgan fingerprint density at radius 1 is 0.889 bits per heavy atom. The van der Waals surface area contributed by atoms with Gasteiger partial charge in [-0.15, -0.1) is 0 Å². The molecular formula is C14H9Cl3O. The molecule has 0 saturated heterocycles. The highest BCUT2D eigenvalue weighted by molar-refractivity contribution is 6.35. The first kappa shape index (κ1) is 13.4.